The topological polar surface area (TPSA) is 75.7 Å². The van der Waals surface area contributed by atoms with Gasteiger partial charge in [-0.25, -0.2) is 8.42 Å². The molecule has 0 saturated carbocycles. The predicted octanol–water partition coefficient (Wildman–Crippen LogP) is 5.20. The summed E-state index contributed by atoms with van der Waals surface area (Å²) in [7, 11) is -3.98. The van der Waals surface area contributed by atoms with E-state index in [1.165, 1.54) is 28.6 Å². The molecule has 0 spiro atoms. The second kappa shape index (κ2) is 10.0. The van der Waals surface area contributed by atoms with Crippen molar-refractivity contribution >= 4 is 33.2 Å². The Morgan fingerprint density at radius 2 is 1.39 bits per heavy atom. The third-order valence-corrected chi connectivity index (χ3v) is 8.03. The molecule has 4 aromatic carbocycles. The van der Waals surface area contributed by atoms with Crippen molar-refractivity contribution in [3.05, 3.63) is 125 Å². The molecule has 0 aliphatic carbocycles. The number of benzene rings is 4. The Morgan fingerprint density at radius 3 is 2.00 bits per heavy atom. The zero-order valence-electron chi connectivity index (χ0n) is 19.1. The third-order valence-electron chi connectivity index (χ3n) is 5.98. The van der Waals surface area contributed by atoms with E-state index in [0.717, 1.165) is 11.1 Å². The number of carbonyl (C=O) groups is 1. The highest BCUT2D eigenvalue weighted by Gasteiger charge is 2.38. The maximum atomic E-state index is 13.6. The van der Waals surface area contributed by atoms with Crippen LogP contribution in [-0.4, -0.2) is 27.0 Å². The fraction of sp³-hybridized carbons (Fsp3) is 0.107. The molecule has 0 fully saturated rings. The minimum atomic E-state index is -3.98. The Balaban J connectivity index is 1.47. The van der Waals surface area contributed by atoms with E-state index in [9.17, 15) is 13.2 Å². The fourth-order valence-corrected chi connectivity index (χ4v) is 5.79. The monoisotopic (exact) mass is 518 g/mol. The number of carbonyl (C=O) groups excluding carboxylic acids is 1. The van der Waals surface area contributed by atoms with Crippen LogP contribution in [0.2, 0.25) is 5.02 Å². The number of ether oxygens (including phenoxy) is 1. The van der Waals surface area contributed by atoms with Gasteiger partial charge in [0.05, 0.1) is 23.2 Å². The molecule has 1 atom stereocenters. The highest BCUT2D eigenvalue weighted by Crippen LogP contribution is 2.37. The number of nitrogens with zero attached hydrogens (tertiary/aromatic N) is 1. The van der Waals surface area contributed by atoms with Gasteiger partial charge < -0.3 is 10.1 Å². The molecule has 1 N–H and O–H groups in total. The molecule has 0 bridgehead atoms. The zero-order chi connectivity index (χ0) is 25.1. The number of sulfonamides is 1. The van der Waals surface area contributed by atoms with Crippen LogP contribution >= 0.6 is 11.6 Å². The number of rotatable bonds is 6. The predicted molar refractivity (Wildman–Crippen MR) is 140 cm³/mol. The number of para-hydroxylation sites is 2. The Kier molecular flexibility index (Phi) is 6.67. The molecule has 36 heavy (non-hydrogen) atoms. The van der Waals surface area contributed by atoms with Gasteiger partial charge in [-0.05, 0) is 47.5 Å². The third kappa shape index (κ3) is 4.80. The summed E-state index contributed by atoms with van der Waals surface area (Å²) in [6.45, 7) is -0.176. The maximum absolute atomic E-state index is 13.6. The summed E-state index contributed by atoms with van der Waals surface area (Å²) in [5.74, 6) is -0.101. The lowest BCUT2D eigenvalue weighted by molar-refractivity contribution is -0.128. The summed E-state index contributed by atoms with van der Waals surface area (Å²) in [6.07, 6.45) is -1.06. The molecule has 1 heterocycles. The van der Waals surface area contributed by atoms with Gasteiger partial charge in [0.25, 0.3) is 15.9 Å². The molecule has 1 aliphatic rings. The summed E-state index contributed by atoms with van der Waals surface area (Å²) in [5, 5.41) is 3.50. The lowest BCUT2D eigenvalue weighted by atomic mass is 9.98. The Morgan fingerprint density at radius 1 is 0.833 bits per heavy atom. The molecule has 0 radical (unpaired) electrons. The van der Waals surface area contributed by atoms with Gasteiger partial charge in [-0.3, -0.25) is 9.10 Å². The van der Waals surface area contributed by atoms with Gasteiger partial charge in [0, 0.05) is 5.02 Å². The first kappa shape index (κ1) is 23.9. The first-order chi connectivity index (χ1) is 17.4. The molecular weight excluding hydrogens is 496 g/mol. The van der Waals surface area contributed by atoms with E-state index >= 15 is 0 Å². The van der Waals surface area contributed by atoms with E-state index < -0.39 is 28.1 Å². The molecule has 0 aromatic heterocycles. The molecule has 5 rings (SSSR count). The standard InChI is InChI=1S/C28H23ClN2O4S/c29-22-15-17-23(18-16-22)36(33,34)31-19-26(35-25-14-8-7-13-24(25)31)28(32)30-27(20-9-3-1-4-10-20)21-11-5-2-6-12-21/h1-18,26-27H,19H2,(H,30,32)/t26-/m0/s1. The smallest absolute Gasteiger partial charge is 0.264 e. The van der Waals surface area contributed by atoms with Crippen molar-refractivity contribution < 1.29 is 17.9 Å². The number of halogens is 1. The van der Waals surface area contributed by atoms with Gasteiger partial charge in [-0.2, -0.15) is 0 Å². The van der Waals surface area contributed by atoms with Gasteiger partial charge in [0.2, 0.25) is 0 Å². The van der Waals surface area contributed by atoms with Crippen LogP contribution in [-0.2, 0) is 14.8 Å². The molecule has 0 unspecified atom stereocenters. The number of hydrogen-bond donors (Lipinski definition) is 1. The summed E-state index contributed by atoms with van der Waals surface area (Å²) >= 11 is 5.96. The van der Waals surface area contributed by atoms with Crippen LogP contribution in [0.5, 0.6) is 5.75 Å². The highest BCUT2D eigenvalue weighted by molar-refractivity contribution is 7.92. The van der Waals surface area contributed by atoms with Crippen molar-refractivity contribution in [2.75, 3.05) is 10.8 Å². The fourth-order valence-electron chi connectivity index (χ4n) is 4.19. The SMILES string of the molecule is O=C(NC(c1ccccc1)c1ccccc1)[C@@H]1CN(S(=O)(=O)c2ccc(Cl)cc2)c2ccccc2O1. The lowest BCUT2D eigenvalue weighted by Gasteiger charge is -2.35. The van der Waals surface area contributed by atoms with E-state index in [-0.39, 0.29) is 11.4 Å². The van der Waals surface area contributed by atoms with Gasteiger partial charge in [-0.1, -0.05) is 84.4 Å². The maximum Gasteiger partial charge on any atom is 0.264 e. The van der Waals surface area contributed by atoms with Crippen molar-refractivity contribution in [3.8, 4) is 5.75 Å². The van der Waals surface area contributed by atoms with E-state index in [0.29, 0.717) is 16.5 Å². The number of amides is 1. The zero-order valence-corrected chi connectivity index (χ0v) is 20.7. The van der Waals surface area contributed by atoms with Crippen molar-refractivity contribution in [2.45, 2.75) is 17.0 Å². The first-order valence-corrected chi connectivity index (χ1v) is 13.2. The number of fused-ring (bicyclic) bond motifs is 1. The first-order valence-electron chi connectivity index (χ1n) is 11.4. The van der Waals surface area contributed by atoms with Crippen LogP contribution in [0.1, 0.15) is 17.2 Å². The van der Waals surface area contributed by atoms with Gasteiger partial charge >= 0.3 is 0 Å². The lowest BCUT2D eigenvalue weighted by Crippen LogP contribution is -2.51. The van der Waals surface area contributed by atoms with Gasteiger partial charge in [0.15, 0.2) is 6.10 Å². The van der Waals surface area contributed by atoms with Crippen LogP contribution in [0.15, 0.2) is 114 Å². The van der Waals surface area contributed by atoms with Crippen molar-refractivity contribution in [3.63, 3.8) is 0 Å². The van der Waals surface area contributed by atoms with E-state index in [1.54, 1.807) is 24.3 Å². The summed E-state index contributed by atoms with van der Waals surface area (Å²) in [6, 6.07) is 31.5. The largest absolute Gasteiger partial charge is 0.476 e. The van der Waals surface area contributed by atoms with Crippen LogP contribution < -0.4 is 14.4 Å². The average Bonchev–Trinajstić information content (AvgIpc) is 2.92. The molecule has 1 amide bonds. The normalized spacial score (nSPS) is 15.2. The quantitative estimate of drug-likeness (QED) is 0.380. The molecule has 6 nitrogen and oxygen atoms in total. The summed E-state index contributed by atoms with van der Waals surface area (Å²) in [5.41, 5.74) is 2.18. The van der Waals surface area contributed by atoms with E-state index in [4.69, 9.17) is 16.3 Å². The van der Waals surface area contributed by atoms with Crippen molar-refractivity contribution in [1.29, 1.82) is 0 Å². The molecule has 0 saturated heterocycles. The Bertz CT molecular complexity index is 1420. The summed E-state index contributed by atoms with van der Waals surface area (Å²) < 4.78 is 34.4. The van der Waals surface area contributed by atoms with E-state index in [1.807, 2.05) is 60.7 Å². The van der Waals surface area contributed by atoms with Gasteiger partial charge in [0.1, 0.15) is 5.75 Å². The van der Waals surface area contributed by atoms with E-state index in [2.05, 4.69) is 5.32 Å². The number of nitrogens with one attached hydrogen (secondary N) is 1. The van der Waals surface area contributed by atoms with Crippen LogP contribution in [0.25, 0.3) is 0 Å². The highest BCUT2D eigenvalue weighted by atomic mass is 35.5. The second-order valence-electron chi connectivity index (χ2n) is 8.33. The molecule has 4 aromatic rings. The number of hydrogen-bond acceptors (Lipinski definition) is 4. The molecule has 1 aliphatic heterocycles. The van der Waals surface area contributed by atoms with Crippen molar-refractivity contribution in [1.82, 2.24) is 5.32 Å². The van der Waals surface area contributed by atoms with Crippen LogP contribution in [0.4, 0.5) is 5.69 Å². The van der Waals surface area contributed by atoms with Crippen LogP contribution in [0, 0.1) is 0 Å². The van der Waals surface area contributed by atoms with Crippen LogP contribution in [0.3, 0.4) is 0 Å². The Hall–Kier alpha value is -3.81. The average molecular weight is 519 g/mol. The molecule has 8 heteroatoms. The summed E-state index contributed by atoms with van der Waals surface area (Å²) in [4.78, 5) is 13.6. The minimum absolute atomic E-state index is 0.0780. The second-order valence-corrected chi connectivity index (χ2v) is 10.6. The van der Waals surface area contributed by atoms with Crippen molar-refractivity contribution in [2.24, 2.45) is 0 Å². The molecule has 182 valence electrons. The molecular formula is C28H23ClN2O4S. The minimum Gasteiger partial charge on any atom is -0.476 e. The Labute approximate surface area is 215 Å². The van der Waals surface area contributed by atoms with Gasteiger partial charge in [-0.15, -0.1) is 0 Å². The number of anilines is 1.